The van der Waals surface area contributed by atoms with Gasteiger partial charge in [-0.25, -0.2) is 0 Å². The fourth-order valence-corrected chi connectivity index (χ4v) is 0.375. The van der Waals surface area contributed by atoms with Gasteiger partial charge in [0, 0.05) is 0 Å². The van der Waals surface area contributed by atoms with Gasteiger partial charge in [0.05, 0.1) is 0 Å². The molecule has 8 heavy (non-hydrogen) atoms. The van der Waals surface area contributed by atoms with E-state index < -0.39 is 7.94 Å². The summed E-state index contributed by atoms with van der Waals surface area (Å²) >= 11 is 0. The van der Waals surface area contributed by atoms with Crippen molar-refractivity contribution in [1.29, 1.82) is 0 Å². The van der Waals surface area contributed by atoms with Gasteiger partial charge in [-0.15, -0.1) is 0 Å². The van der Waals surface area contributed by atoms with E-state index in [2.05, 4.69) is 6.58 Å². The first kappa shape index (κ1) is 11.3. The Morgan fingerprint density at radius 3 is 1.75 bits per heavy atom. The molecule has 0 saturated carbocycles. The van der Waals surface area contributed by atoms with Crippen LogP contribution in [0.5, 0.6) is 0 Å². The zero-order chi connectivity index (χ0) is 5.91. The summed E-state index contributed by atoms with van der Waals surface area (Å²) in [5, 5.41) is 0. The molecule has 0 aromatic carbocycles. The van der Waals surface area contributed by atoms with Gasteiger partial charge in [-0.3, -0.25) is 0 Å². The number of hydrogen-bond donors (Lipinski definition) is 0. The van der Waals surface area contributed by atoms with Gasteiger partial charge in [0.1, 0.15) is 0 Å². The Balaban J connectivity index is 0. The monoisotopic (exact) mass is 222 g/mol. The molecule has 48 valence electrons. The van der Waals surface area contributed by atoms with Crippen LogP contribution in [0.25, 0.3) is 0 Å². The van der Waals surface area contributed by atoms with Crippen LogP contribution in [0.1, 0.15) is 0 Å². The SMILES string of the molecule is C=C=C[PH]([O-])([O-])[O-].[Rh+3]. The average Bonchev–Trinajstić information content (AvgIpc) is 1.30. The normalized spacial score (nSPS) is 10.9. The Labute approximate surface area is 60.7 Å². The van der Waals surface area contributed by atoms with Crippen molar-refractivity contribution >= 4 is 7.94 Å². The minimum absolute atomic E-state index is 0. The van der Waals surface area contributed by atoms with Gasteiger partial charge in [0.15, 0.2) is 0 Å². The van der Waals surface area contributed by atoms with Gasteiger partial charge in [0.2, 0.25) is 0 Å². The molecular formula is C3H4O3PRh. The Bertz CT molecular complexity index is 102. The van der Waals surface area contributed by atoms with Gasteiger partial charge in [-0.2, -0.15) is 0 Å². The van der Waals surface area contributed by atoms with Crippen molar-refractivity contribution in [2.75, 3.05) is 0 Å². The van der Waals surface area contributed by atoms with Crippen molar-refractivity contribution in [1.82, 2.24) is 0 Å². The molecule has 5 heteroatoms. The first-order valence-corrected chi connectivity index (χ1v) is 3.35. The Morgan fingerprint density at radius 1 is 1.38 bits per heavy atom. The second kappa shape index (κ2) is 4.34. The van der Waals surface area contributed by atoms with Crippen molar-refractivity contribution in [3.8, 4) is 0 Å². The summed E-state index contributed by atoms with van der Waals surface area (Å²) < 4.78 is 0. The second-order valence-corrected chi connectivity index (χ2v) is 2.45. The predicted molar refractivity (Wildman–Crippen MR) is 22.0 cm³/mol. The third-order valence-electron chi connectivity index (χ3n) is 0.279. The molecule has 0 spiro atoms. The van der Waals surface area contributed by atoms with Crippen LogP contribution in [-0.4, -0.2) is 0 Å². The first-order valence-electron chi connectivity index (χ1n) is 1.54. The fraction of sp³-hybridized carbons (Fsp3) is 0. The van der Waals surface area contributed by atoms with E-state index >= 15 is 0 Å². The summed E-state index contributed by atoms with van der Waals surface area (Å²) in [6, 6.07) is 0. The molecule has 3 nitrogen and oxygen atoms in total. The zero-order valence-corrected chi connectivity index (χ0v) is 6.48. The number of hydrogen-bond acceptors (Lipinski definition) is 3. The smallest absolute Gasteiger partial charge is 3.00 e. The molecule has 0 saturated heterocycles. The molecule has 0 amide bonds. The molecule has 0 rings (SSSR count). The van der Waals surface area contributed by atoms with Gasteiger partial charge >= 0.3 is 60.2 Å². The van der Waals surface area contributed by atoms with Crippen LogP contribution in [-0.2, 0) is 19.5 Å². The summed E-state index contributed by atoms with van der Waals surface area (Å²) in [5.74, 6) is 0.424. The molecule has 0 bridgehead atoms. The van der Waals surface area contributed by atoms with Crippen molar-refractivity contribution < 1.29 is 34.2 Å². The van der Waals surface area contributed by atoms with Crippen LogP contribution in [0.3, 0.4) is 0 Å². The topological polar surface area (TPSA) is 69.2 Å². The van der Waals surface area contributed by atoms with Gasteiger partial charge in [0.25, 0.3) is 0 Å². The van der Waals surface area contributed by atoms with Crippen LogP contribution in [0, 0.1) is 0 Å². The molecule has 0 aromatic heterocycles. The molecule has 0 aromatic rings. The van der Waals surface area contributed by atoms with Crippen LogP contribution in [0.15, 0.2) is 18.1 Å². The summed E-state index contributed by atoms with van der Waals surface area (Å²) in [7, 11) is -4.71. The Kier molecular flexibility index (Phi) is 6.12. The van der Waals surface area contributed by atoms with Gasteiger partial charge in [-0.1, -0.05) is 0 Å². The quantitative estimate of drug-likeness (QED) is 0.288. The summed E-state index contributed by atoms with van der Waals surface area (Å²) in [6.07, 6.45) is 0. The molecule has 0 N–H and O–H groups in total. The molecule has 0 fully saturated rings. The maximum Gasteiger partial charge on any atom is 3.00 e. The molecule has 0 atom stereocenters. The minimum Gasteiger partial charge on any atom is 3.00 e. The summed E-state index contributed by atoms with van der Waals surface area (Å²) in [6.45, 7) is 2.90. The van der Waals surface area contributed by atoms with E-state index in [4.69, 9.17) is 0 Å². The Morgan fingerprint density at radius 2 is 1.75 bits per heavy atom. The maximum absolute atomic E-state index is 9.57. The van der Waals surface area contributed by atoms with Crippen LogP contribution in [0.2, 0.25) is 0 Å². The van der Waals surface area contributed by atoms with Crippen molar-refractivity contribution in [2.24, 2.45) is 0 Å². The van der Waals surface area contributed by atoms with E-state index in [0.29, 0.717) is 5.82 Å². The minimum atomic E-state index is -4.71. The van der Waals surface area contributed by atoms with E-state index in [1.165, 1.54) is 0 Å². The maximum atomic E-state index is 9.57. The largest absolute Gasteiger partial charge is 3.00 e. The molecule has 0 aliphatic heterocycles. The Hall–Kier alpha value is 0.453. The first-order chi connectivity index (χ1) is 3.06. The summed E-state index contributed by atoms with van der Waals surface area (Å²) in [5.41, 5.74) is 1.86. The molecule has 0 aliphatic carbocycles. The summed E-state index contributed by atoms with van der Waals surface area (Å²) in [4.78, 5) is 28.7. The second-order valence-electron chi connectivity index (χ2n) is 0.952. The third kappa shape index (κ3) is 9.68. The average molecular weight is 222 g/mol. The van der Waals surface area contributed by atoms with Crippen molar-refractivity contribution in [2.45, 2.75) is 0 Å². The van der Waals surface area contributed by atoms with E-state index in [0.717, 1.165) is 0 Å². The predicted octanol–water partition coefficient (Wildman–Crippen LogP) is -2.14. The van der Waals surface area contributed by atoms with Crippen LogP contribution < -0.4 is 14.7 Å². The fourth-order valence-electron chi connectivity index (χ4n) is 0.125. The number of rotatable bonds is 1. The van der Waals surface area contributed by atoms with Crippen LogP contribution >= 0.6 is 7.94 Å². The van der Waals surface area contributed by atoms with E-state index in [-0.39, 0.29) is 19.5 Å². The zero-order valence-electron chi connectivity index (χ0n) is 3.84. The van der Waals surface area contributed by atoms with Crippen molar-refractivity contribution in [3.05, 3.63) is 18.1 Å². The van der Waals surface area contributed by atoms with E-state index in [1.807, 2.05) is 5.73 Å². The van der Waals surface area contributed by atoms with Crippen LogP contribution in [0.4, 0.5) is 0 Å². The molecule has 0 aliphatic rings. The van der Waals surface area contributed by atoms with Gasteiger partial charge < -0.3 is 0 Å². The standard InChI is InChI=1S/C3H4O3P.Rh/c1-2-3-7(4,5)6;/h3,7H,1H2;/q-3;+3. The molecular weight excluding hydrogens is 218 g/mol. The molecule has 0 radical (unpaired) electrons. The van der Waals surface area contributed by atoms with E-state index in [1.54, 1.807) is 0 Å². The molecule has 0 unspecified atom stereocenters. The van der Waals surface area contributed by atoms with Gasteiger partial charge in [-0.05, 0) is 0 Å². The van der Waals surface area contributed by atoms with Crippen molar-refractivity contribution in [3.63, 3.8) is 0 Å². The molecule has 0 heterocycles. The third-order valence-corrected chi connectivity index (χ3v) is 0.837. The van der Waals surface area contributed by atoms with E-state index in [9.17, 15) is 14.7 Å².